The Labute approximate surface area is 122 Å². The molecule has 2 heterocycles. The summed E-state index contributed by atoms with van der Waals surface area (Å²) in [6, 6.07) is 9.04. The van der Waals surface area contributed by atoms with Gasteiger partial charge in [-0.15, -0.1) is 0 Å². The van der Waals surface area contributed by atoms with Crippen LogP contribution >= 0.6 is 0 Å². The first-order valence-corrected chi connectivity index (χ1v) is 6.62. The Bertz CT molecular complexity index is 842. The van der Waals surface area contributed by atoms with E-state index in [1.807, 2.05) is 38.1 Å². The standard InChI is InChI=1S/C17H14N2O2/c1-10-5-6-13-14(17(20)21)8-15(19-16(13)11(10)2)12-4-3-7-18-9-12/h3-9H,1-2H3,(H,20,21). The zero-order chi connectivity index (χ0) is 15.0. The number of benzene rings is 1. The molecular weight excluding hydrogens is 264 g/mol. The molecule has 0 saturated carbocycles. The number of fused-ring (bicyclic) bond motifs is 1. The third-order valence-electron chi connectivity index (χ3n) is 3.69. The maximum atomic E-state index is 11.6. The molecule has 0 fully saturated rings. The molecule has 0 radical (unpaired) electrons. The Kier molecular flexibility index (Phi) is 3.14. The number of rotatable bonds is 2. The van der Waals surface area contributed by atoms with Crippen molar-refractivity contribution in [1.29, 1.82) is 0 Å². The number of nitrogens with zero attached hydrogens (tertiary/aromatic N) is 2. The molecule has 0 unspecified atom stereocenters. The van der Waals surface area contributed by atoms with Crippen molar-refractivity contribution in [2.45, 2.75) is 13.8 Å². The van der Waals surface area contributed by atoms with E-state index in [2.05, 4.69) is 9.97 Å². The van der Waals surface area contributed by atoms with E-state index in [1.54, 1.807) is 18.5 Å². The van der Waals surface area contributed by atoms with Crippen LogP contribution in [0.3, 0.4) is 0 Å². The van der Waals surface area contributed by atoms with E-state index in [-0.39, 0.29) is 5.56 Å². The summed E-state index contributed by atoms with van der Waals surface area (Å²) < 4.78 is 0. The molecule has 0 aliphatic heterocycles. The molecule has 0 atom stereocenters. The number of aromatic carboxylic acids is 1. The van der Waals surface area contributed by atoms with Gasteiger partial charge in [-0.3, -0.25) is 4.98 Å². The summed E-state index contributed by atoms with van der Waals surface area (Å²) in [6.07, 6.45) is 3.36. The average molecular weight is 278 g/mol. The van der Waals surface area contributed by atoms with Gasteiger partial charge in [0, 0.05) is 23.3 Å². The van der Waals surface area contributed by atoms with Gasteiger partial charge in [-0.2, -0.15) is 0 Å². The van der Waals surface area contributed by atoms with Crippen molar-refractivity contribution in [3.63, 3.8) is 0 Å². The molecule has 4 heteroatoms. The van der Waals surface area contributed by atoms with Gasteiger partial charge in [0.1, 0.15) is 0 Å². The van der Waals surface area contributed by atoms with Crippen LogP contribution in [0, 0.1) is 13.8 Å². The number of aromatic nitrogens is 2. The fourth-order valence-corrected chi connectivity index (χ4v) is 2.37. The lowest BCUT2D eigenvalue weighted by Gasteiger charge is -2.10. The summed E-state index contributed by atoms with van der Waals surface area (Å²) in [5.74, 6) is -0.948. The molecule has 0 saturated heterocycles. The Balaban J connectivity index is 2.39. The molecule has 104 valence electrons. The smallest absolute Gasteiger partial charge is 0.336 e. The first kappa shape index (κ1) is 13.2. The summed E-state index contributed by atoms with van der Waals surface area (Å²) in [6.45, 7) is 3.96. The fraction of sp³-hybridized carbons (Fsp3) is 0.118. The van der Waals surface area contributed by atoms with Crippen molar-refractivity contribution >= 4 is 16.9 Å². The molecule has 4 nitrogen and oxygen atoms in total. The lowest BCUT2D eigenvalue weighted by Crippen LogP contribution is -2.02. The first-order chi connectivity index (χ1) is 10.1. The minimum atomic E-state index is -0.948. The van der Waals surface area contributed by atoms with Crippen LogP contribution in [0.25, 0.3) is 22.2 Å². The number of pyridine rings is 2. The molecule has 3 rings (SSSR count). The van der Waals surface area contributed by atoms with Gasteiger partial charge in [0.15, 0.2) is 0 Å². The molecule has 2 aromatic heterocycles. The number of hydrogen-bond acceptors (Lipinski definition) is 3. The second kappa shape index (κ2) is 4.98. The van der Waals surface area contributed by atoms with Gasteiger partial charge < -0.3 is 5.11 Å². The molecule has 0 amide bonds. The summed E-state index contributed by atoms with van der Waals surface area (Å²) in [5.41, 5.74) is 4.52. The molecule has 0 spiro atoms. The van der Waals surface area contributed by atoms with Crippen molar-refractivity contribution in [2.24, 2.45) is 0 Å². The van der Waals surface area contributed by atoms with Gasteiger partial charge in [0.05, 0.1) is 16.8 Å². The number of carbonyl (C=O) groups is 1. The van der Waals surface area contributed by atoms with Crippen LogP contribution in [0.2, 0.25) is 0 Å². The van der Waals surface area contributed by atoms with Crippen LogP contribution in [0.15, 0.2) is 42.7 Å². The van der Waals surface area contributed by atoms with Gasteiger partial charge in [0.2, 0.25) is 0 Å². The zero-order valence-electron chi connectivity index (χ0n) is 11.8. The summed E-state index contributed by atoms with van der Waals surface area (Å²) in [4.78, 5) is 20.3. The van der Waals surface area contributed by atoms with E-state index in [0.717, 1.165) is 22.2 Å². The van der Waals surface area contributed by atoms with Crippen molar-refractivity contribution in [3.05, 3.63) is 59.4 Å². The summed E-state index contributed by atoms with van der Waals surface area (Å²) in [7, 11) is 0. The molecule has 0 aliphatic carbocycles. The van der Waals surface area contributed by atoms with Crippen molar-refractivity contribution < 1.29 is 9.90 Å². The van der Waals surface area contributed by atoms with Crippen LogP contribution in [-0.2, 0) is 0 Å². The van der Waals surface area contributed by atoms with E-state index in [9.17, 15) is 9.90 Å². The maximum absolute atomic E-state index is 11.6. The SMILES string of the molecule is Cc1ccc2c(C(=O)O)cc(-c3cccnc3)nc2c1C. The largest absolute Gasteiger partial charge is 0.478 e. The second-order valence-corrected chi connectivity index (χ2v) is 5.01. The Morgan fingerprint density at radius 2 is 2.00 bits per heavy atom. The van der Waals surface area contributed by atoms with Gasteiger partial charge >= 0.3 is 5.97 Å². The van der Waals surface area contributed by atoms with E-state index in [0.29, 0.717) is 11.1 Å². The lowest BCUT2D eigenvalue weighted by atomic mass is 10.00. The third kappa shape index (κ3) is 2.25. The highest BCUT2D eigenvalue weighted by Gasteiger charge is 2.14. The Morgan fingerprint density at radius 3 is 2.67 bits per heavy atom. The predicted octanol–water partition coefficient (Wildman–Crippen LogP) is 3.61. The minimum Gasteiger partial charge on any atom is -0.478 e. The number of carboxylic acid groups (broad SMARTS) is 1. The molecule has 1 N–H and O–H groups in total. The van der Waals surface area contributed by atoms with E-state index >= 15 is 0 Å². The van der Waals surface area contributed by atoms with E-state index in [1.165, 1.54) is 0 Å². The zero-order valence-corrected chi connectivity index (χ0v) is 11.8. The molecule has 21 heavy (non-hydrogen) atoms. The lowest BCUT2D eigenvalue weighted by molar-refractivity contribution is 0.0699. The van der Waals surface area contributed by atoms with Gasteiger partial charge in [0.25, 0.3) is 0 Å². The van der Waals surface area contributed by atoms with Crippen LogP contribution in [0.4, 0.5) is 0 Å². The second-order valence-electron chi connectivity index (χ2n) is 5.01. The average Bonchev–Trinajstić information content (AvgIpc) is 2.51. The maximum Gasteiger partial charge on any atom is 0.336 e. The van der Waals surface area contributed by atoms with E-state index < -0.39 is 5.97 Å². The molecular formula is C17H14N2O2. The number of aryl methyl sites for hydroxylation is 2. The van der Waals surface area contributed by atoms with Crippen LogP contribution < -0.4 is 0 Å². The van der Waals surface area contributed by atoms with E-state index in [4.69, 9.17) is 0 Å². The Morgan fingerprint density at radius 1 is 1.19 bits per heavy atom. The third-order valence-corrected chi connectivity index (χ3v) is 3.69. The summed E-state index contributed by atoms with van der Waals surface area (Å²) >= 11 is 0. The fourth-order valence-electron chi connectivity index (χ4n) is 2.37. The predicted molar refractivity (Wildman–Crippen MR) is 81.4 cm³/mol. The summed E-state index contributed by atoms with van der Waals surface area (Å²) in [5, 5.41) is 10.1. The van der Waals surface area contributed by atoms with Crippen LogP contribution in [0.5, 0.6) is 0 Å². The highest BCUT2D eigenvalue weighted by atomic mass is 16.4. The first-order valence-electron chi connectivity index (χ1n) is 6.62. The molecule has 3 aromatic rings. The van der Waals surface area contributed by atoms with Crippen LogP contribution in [-0.4, -0.2) is 21.0 Å². The highest BCUT2D eigenvalue weighted by molar-refractivity contribution is 6.04. The molecule has 1 aromatic carbocycles. The topological polar surface area (TPSA) is 63.1 Å². The van der Waals surface area contributed by atoms with Gasteiger partial charge in [-0.05, 0) is 43.2 Å². The Hall–Kier alpha value is -2.75. The number of hydrogen-bond donors (Lipinski definition) is 1. The van der Waals surface area contributed by atoms with Gasteiger partial charge in [-0.25, -0.2) is 9.78 Å². The monoisotopic (exact) mass is 278 g/mol. The quantitative estimate of drug-likeness (QED) is 0.777. The van der Waals surface area contributed by atoms with Gasteiger partial charge in [-0.1, -0.05) is 12.1 Å². The van der Waals surface area contributed by atoms with Crippen molar-refractivity contribution in [3.8, 4) is 11.3 Å². The minimum absolute atomic E-state index is 0.266. The van der Waals surface area contributed by atoms with Crippen molar-refractivity contribution in [2.75, 3.05) is 0 Å². The molecule has 0 aliphatic rings. The van der Waals surface area contributed by atoms with Crippen LogP contribution in [0.1, 0.15) is 21.5 Å². The number of carboxylic acids is 1. The normalized spacial score (nSPS) is 10.8. The van der Waals surface area contributed by atoms with Crippen molar-refractivity contribution in [1.82, 2.24) is 9.97 Å². The highest BCUT2D eigenvalue weighted by Crippen LogP contribution is 2.27. The molecule has 0 bridgehead atoms.